The van der Waals surface area contributed by atoms with Crippen LogP contribution in [0.25, 0.3) is 0 Å². The van der Waals surface area contributed by atoms with Gasteiger partial charge in [0.2, 0.25) is 0 Å². The summed E-state index contributed by atoms with van der Waals surface area (Å²) in [5.74, 6) is -1.31. The van der Waals surface area contributed by atoms with Crippen LogP contribution in [0.3, 0.4) is 0 Å². The number of carbonyl (C=O) groups excluding carboxylic acids is 1. The first-order valence-corrected chi connectivity index (χ1v) is 7.41. The highest BCUT2D eigenvalue weighted by Gasteiger charge is 2.35. The molecule has 1 aromatic carbocycles. The molecule has 9 heteroatoms. The standard InChI is InChI=1S/C15H14F4N4O/c16-11-5-4-9(15(17,18)19)7-10(11)14(24)23-6-2-1-3-12(23)13-20-8-21-22-13/h4-5,7-8,12H,1-3,6H2,(H,20,21,22)/t12-/m0/s1. The van der Waals surface area contributed by atoms with E-state index in [-0.39, 0.29) is 0 Å². The van der Waals surface area contributed by atoms with Gasteiger partial charge in [0.1, 0.15) is 18.0 Å². The van der Waals surface area contributed by atoms with Crippen LogP contribution in [0.5, 0.6) is 0 Å². The van der Waals surface area contributed by atoms with Gasteiger partial charge in [-0.2, -0.15) is 18.3 Å². The summed E-state index contributed by atoms with van der Waals surface area (Å²) in [6.07, 6.45) is -1.24. The van der Waals surface area contributed by atoms with E-state index in [4.69, 9.17) is 0 Å². The number of halogens is 4. The second-order valence-corrected chi connectivity index (χ2v) is 5.57. The van der Waals surface area contributed by atoms with Crippen LogP contribution in [0.2, 0.25) is 0 Å². The van der Waals surface area contributed by atoms with Gasteiger partial charge in [0, 0.05) is 6.54 Å². The van der Waals surface area contributed by atoms with Gasteiger partial charge in [-0.25, -0.2) is 9.37 Å². The van der Waals surface area contributed by atoms with E-state index in [1.165, 1.54) is 11.2 Å². The number of aromatic nitrogens is 3. The van der Waals surface area contributed by atoms with Gasteiger partial charge in [-0.05, 0) is 37.5 Å². The summed E-state index contributed by atoms with van der Waals surface area (Å²) in [4.78, 5) is 18.0. The quantitative estimate of drug-likeness (QED) is 0.852. The summed E-state index contributed by atoms with van der Waals surface area (Å²) in [5.41, 5.74) is -1.64. The number of hydrogen-bond acceptors (Lipinski definition) is 3. The van der Waals surface area contributed by atoms with Crippen molar-refractivity contribution < 1.29 is 22.4 Å². The van der Waals surface area contributed by atoms with Crippen LogP contribution < -0.4 is 0 Å². The Kier molecular flexibility index (Phi) is 4.25. The number of amides is 1. The molecule has 1 amide bonds. The van der Waals surface area contributed by atoms with Gasteiger partial charge < -0.3 is 4.90 Å². The lowest BCUT2D eigenvalue weighted by molar-refractivity contribution is -0.137. The fourth-order valence-electron chi connectivity index (χ4n) is 2.85. The average molecular weight is 342 g/mol. The van der Waals surface area contributed by atoms with Crippen molar-refractivity contribution in [3.8, 4) is 0 Å². The second-order valence-electron chi connectivity index (χ2n) is 5.57. The normalized spacial score (nSPS) is 18.7. The van der Waals surface area contributed by atoms with Crippen molar-refractivity contribution in [2.45, 2.75) is 31.5 Å². The van der Waals surface area contributed by atoms with Gasteiger partial charge in [-0.15, -0.1) is 0 Å². The summed E-state index contributed by atoms with van der Waals surface area (Å²) in [6, 6.07) is 1.39. The third-order valence-corrected chi connectivity index (χ3v) is 4.04. The maximum absolute atomic E-state index is 14.0. The highest BCUT2D eigenvalue weighted by Crippen LogP contribution is 2.33. The van der Waals surface area contributed by atoms with Crippen molar-refractivity contribution in [3.63, 3.8) is 0 Å². The highest BCUT2D eigenvalue weighted by atomic mass is 19.4. The number of rotatable bonds is 2. The largest absolute Gasteiger partial charge is 0.416 e. The van der Waals surface area contributed by atoms with Crippen molar-refractivity contribution in [1.82, 2.24) is 20.1 Å². The lowest BCUT2D eigenvalue weighted by Crippen LogP contribution is -2.39. The number of hydrogen-bond donors (Lipinski definition) is 1. The number of likely N-dealkylation sites (tertiary alicyclic amines) is 1. The van der Waals surface area contributed by atoms with Gasteiger partial charge in [-0.1, -0.05) is 0 Å². The molecule has 1 aliphatic heterocycles. The lowest BCUT2D eigenvalue weighted by atomic mass is 9.99. The van der Waals surface area contributed by atoms with Crippen LogP contribution in [-0.4, -0.2) is 32.5 Å². The third-order valence-electron chi connectivity index (χ3n) is 4.04. The van der Waals surface area contributed by atoms with Gasteiger partial charge >= 0.3 is 6.18 Å². The number of alkyl halides is 3. The Morgan fingerprint density at radius 1 is 1.29 bits per heavy atom. The molecule has 2 heterocycles. The van der Waals surface area contributed by atoms with Crippen LogP contribution in [0.4, 0.5) is 17.6 Å². The number of nitrogens with one attached hydrogen (secondary N) is 1. The number of H-pyrrole nitrogens is 1. The zero-order chi connectivity index (χ0) is 17.3. The first-order valence-electron chi connectivity index (χ1n) is 7.41. The molecule has 1 aliphatic rings. The topological polar surface area (TPSA) is 61.9 Å². The lowest BCUT2D eigenvalue weighted by Gasteiger charge is -2.34. The molecule has 5 nitrogen and oxygen atoms in total. The molecule has 24 heavy (non-hydrogen) atoms. The summed E-state index contributed by atoms with van der Waals surface area (Å²) in [7, 11) is 0. The van der Waals surface area contributed by atoms with Crippen molar-refractivity contribution in [2.75, 3.05) is 6.54 Å². The van der Waals surface area contributed by atoms with Crippen LogP contribution in [0.15, 0.2) is 24.5 Å². The molecule has 2 aromatic rings. The number of aromatic amines is 1. The van der Waals surface area contributed by atoms with Crippen LogP contribution in [0, 0.1) is 5.82 Å². The Morgan fingerprint density at radius 3 is 2.75 bits per heavy atom. The Labute approximate surface area is 134 Å². The molecule has 0 aliphatic carbocycles. The highest BCUT2D eigenvalue weighted by molar-refractivity contribution is 5.95. The van der Waals surface area contributed by atoms with Gasteiger partial charge in [0.25, 0.3) is 5.91 Å². The smallest absolute Gasteiger partial charge is 0.328 e. The van der Waals surface area contributed by atoms with Crippen molar-refractivity contribution in [1.29, 1.82) is 0 Å². The molecule has 0 radical (unpaired) electrons. The minimum Gasteiger partial charge on any atom is -0.328 e. The molecule has 1 N–H and O–H groups in total. The van der Waals surface area contributed by atoms with Crippen molar-refractivity contribution in [3.05, 3.63) is 47.3 Å². The summed E-state index contributed by atoms with van der Waals surface area (Å²) >= 11 is 0. The maximum atomic E-state index is 14.0. The molecular formula is C15H14F4N4O. The van der Waals surface area contributed by atoms with E-state index in [1.54, 1.807) is 0 Å². The predicted molar refractivity (Wildman–Crippen MR) is 75.4 cm³/mol. The van der Waals surface area contributed by atoms with Crippen molar-refractivity contribution in [2.24, 2.45) is 0 Å². The molecule has 0 bridgehead atoms. The molecule has 1 saturated heterocycles. The molecule has 128 valence electrons. The van der Waals surface area contributed by atoms with Gasteiger partial charge in [0.05, 0.1) is 17.2 Å². The molecule has 1 fully saturated rings. The zero-order valence-electron chi connectivity index (χ0n) is 12.5. The van der Waals surface area contributed by atoms with E-state index in [9.17, 15) is 22.4 Å². The van der Waals surface area contributed by atoms with Gasteiger partial charge in [-0.3, -0.25) is 9.89 Å². The zero-order valence-corrected chi connectivity index (χ0v) is 12.5. The first-order chi connectivity index (χ1) is 11.4. The minimum atomic E-state index is -4.64. The minimum absolute atomic E-state index is 0.319. The Morgan fingerprint density at radius 2 is 2.08 bits per heavy atom. The Hall–Kier alpha value is -2.45. The van der Waals surface area contributed by atoms with E-state index in [0.29, 0.717) is 43.4 Å². The Bertz CT molecular complexity index is 730. The molecule has 3 rings (SSSR count). The van der Waals surface area contributed by atoms with Gasteiger partial charge in [0.15, 0.2) is 0 Å². The van der Waals surface area contributed by atoms with E-state index in [2.05, 4.69) is 15.2 Å². The molecule has 0 saturated carbocycles. The fourth-order valence-corrected chi connectivity index (χ4v) is 2.85. The SMILES string of the molecule is O=C(c1cc(C(F)(F)F)ccc1F)N1CCCC[C@H]1c1ncn[nH]1. The maximum Gasteiger partial charge on any atom is 0.416 e. The number of benzene rings is 1. The number of carbonyl (C=O) groups is 1. The molecule has 1 aromatic heterocycles. The molecule has 0 unspecified atom stereocenters. The van der Waals surface area contributed by atoms with Crippen LogP contribution in [0.1, 0.15) is 47.1 Å². The number of piperidine rings is 1. The van der Waals surface area contributed by atoms with E-state index < -0.39 is 35.1 Å². The molecule has 0 spiro atoms. The van der Waals surface area contributed by atoms with Crippen molar-refractivity contribution >= 4 is 5.91 Å². The van der Waals surface area contributed by atoms with E-state index in [0.717, 1.165) is 6.42 Å². The summed E-state index contributed by atoms with van der Waals surface area (Å²) in [6.45, 7) is 0.319. The van der Waals surface area contributed by atoms with Crippen LogP contribution in [-0.2, 0) is 6.18 Å². The monoisotopic (exact) mass is 342 g/mol. The number of nitrogens with zero attached hydrogens (tertiary/aromatic N) is 3. The molecular weight excluding hydrogens is 328 g/mol. The molecule has 1 atom stereocenters. The fraction of sp³-hybridized carbons (Fsp3) is 0.400. The third kappa shape index (κ3) is 3.10. The Balaban J connectivity index is 1.95. The summed E-state index contributed by atoms with van der Waals surface area (Å²) in [5, 5.41) is 6.40. The second kappa shape index (κ2) is 6.21. The first kappa shape index (κ1) is 16.4. The predicted octanol–water partition coefficient (Wildman–Crippen LogP) is 3.33. The van der Waals surface area contributed by atoms with E-state index in [1.807, 2.05) is 0 Å². The van der Waals surface area contributed by atoms with E-state index >= 15 is 0 Å². The van der Waals surface area contributed by atoms with Crippen LogP contribution >= 0.6 is 0 Å². The summed E-state index contributed by atoms with van der Waals surface area (Å²) < 4.78 is 52.5. The average Bonchev–Trinajstić information content (AvgIpc) is 3.08.